The van der Waals surface area contributed by atoms with Gasteiger partial charge in [0.05, 0.1) is 15.6 Å². The minimum atomic E-state index is -0.694. The molecule has 1 aromatic heterocycles. The molecule has 2 aromatic rings. The zero-order valence-electron chi connectivity index (χ0n) is 14.2. The molecule has 0 unspecified atom stereocenters. The summed E-state index contributed by atoms with van der Waals surface area (Å²) < 4.78 is 15.6. The monoisotopic (exact) mass is 388 g/mol. The number of benzene rings is 1. The lowest BCUT2D eigenvalue weighted by atomic mass is 9.93. The molecule has 0 atom stereocenters. The lowest BCUT2D eigenvalue weighted by Gasteiger charge is -2.17. The number of nitrogens with zero attached hydrogens (tertiary/aromatic N) is 2. The van der Waals surface area contributed by atoms with Crippen LogP contribution < -0.4 is 4.80 Å². The first-order valence-corrected chi connectivity index (χ1v) is 9.07. The number of carbonyl (C=O) groups excluding carboxylic acids is 1. The molecule has 0 aliphatic heterocycles. The Bertz CT molecular complexity index is 863. The molecule has 0 spiro atoms. The summed E-state index contributed by atoms with van der Waals surface area (Å²) in [4.78, 5) is 18.4. The Morgan fingerprint density at radius 1 is 1.29 bits per heavy atom. The summed E-state index contributed by atoms with van der Waals surface area (Å²) in [6.45, 7) is 11.0. The molecule has 0 N–H and O–H groups in total. The predicted molar refractivity (Wildman–Crippen MR) is 97.7 cm³/mol. The minimum absolute atomic E-state index is 0.00424. The van der Waals surface area contributed by atoms with Gasteiger partial charge < -0.3 is 4.57 Å². The molecule has 0 bridgehead atoms. The van der Waals surface area contributed by atoms with Crippen molar-refractivity contribution in [1.29, 1.82) is 0 Å². The third-order valence-corrected chi connectivity index (χ3v) is 5.80. The van der Waals surface area contributed by atoms with Gasteiger partial charge in [0.1, 0.15) is 5.82 Å². The predicted octanol–water partition coefficient (Wildman–Crippen LogP) is 5.36. The second-order valence-corrected chi connectivity index (χ2v) is 8.25. The average molecular weight is 389 g/mol. The largest absolute Gasteiger partial charge is 0.321 e. The maximum atomic E-state index is 13.6. The van der Waals surface area contributed by atoms with Crippen LogP contribution in [0.2, 0.25) is 10.0 Å². The number of thiazole rings is 1. The molecule has 7 heteroatoms. The van der Waals surface area contributed by atoms with E-state index in [1.54, 1.807) is 0 Å². The van der Waals surface area contributed by atoms with E-state index in [4.69, 9.17) is 23.2 Å². The first-order chi connectivity index (χ1) is 11.1. The first kappa shape index (κ1) is 19.2. The molecule has 0 aliphatic rings. The quantitative estimate of drug-likeness (QED) is 0.637. The zero-order chi connectivity index (χ0) is 18.2. The van der Waals surface area contributed by atoms with Crippen molar-refractivity contribution in [3.63, 3.8) is 0 Å². The summed E-state index contributed by atoms with van der Waals surface area (Å²) in [7, 11) is 0. The number of aromatic nitrogens is 1. The van der Waals surface area contributed by atoms with Gasteiger partial charge in [-0.05, 0) is 31.4 Å². The molecule has 0 radical (unpaired) electrons. The second kappa shape index (κ2) is 6.98. The van der Waals surface area contributed by atoms with E-state index in [1.165, 1.54) is 17.4 Å². The lowest BCUT2D eigenvalue weighted by molar-refractivity contribution is 0.0997. The van der Waals surface area contributed by atoms with Crippen molar-refractivity contribution in [2.75, 3.05) is 0 Å². The smallest absolute Gasteiger partial charge is 0.281 e. The minimum Gasteiger partial charge on any atom is -0.321 e. The fourth-order valence-electron chi connectivity index (χ4n) is 2.47. The highest BCUT2D eigenvalue weighted by atomic mass is 35.5. The Kier molecular flexibility index (Phi) is 5.57. The summed E-state index contributed by atoms with van der Waals surface area (Å²) in [5.74, 6) is -1.28. The first-order valence-electron chi connectivity index (χ1n) is 7.50. The van der Waals surface area contributed by atoms with E-state index in [0.29, 0.717) is 11.3 Å². The maximum Gasteiger partial charge on any atom is 0.281 e. The number of carbonyl (C=O) groups is 1. The van der Waals surface area contributed by atoms with E-state index in [-0.39, 0.29) is 21.0 Å². The molecule has 24 heavy (non-hydrogen) atoms. The van der Waals surface area contributed by atoms with Gasteiger partial charge in [-0.2, -0.15) is 4.99 Å². The van der Waals surface area contributed by atoms with Crippen molar-refractivity contribution < 1.29 is 9.18 Å². The van der Waals surface area contributed by atoms with Gasteiger partial charge in [-0.3, -0.25) is 4.79 Å². The molecule has 1 amide bonds. The molecule has 1 heterocycles. The number of amides is 1. The summed E-state index contributed by atoms with van der Waals surface area (Å²) in [5.41, 5.74) is 1.03. The van der Waals surface area contributed by atoms with E-state index in [1.807, 2.05) is 18.4 Å². The highest BCUT2D eigenvalue weighted by molar-refractivity contribution is 7.09. The summed E-state index contributed by atoms with van der Waals surface area (Å²) >= 11 is 13.1. The van der Waals surface area contributed by atoms with E-state index in [2.05, 4.69) is 25.8 Å². The van der Waals surface area contributed by atoms with Crippen molar-refractivity contribution in [3.8, 4) is 0 Å². The zero-order valence-corrected chi connectivity index (χ0v) is 16.5. The van der Waals surface area contributed by atoms with Gasteiger partial charge in [-0.1, -0.05) is 44.0 Å². The van der Waals surface area contributed by atoms with Gasteiger partial charge in [0.15, 0.2) is 4.80 Å². The van der Waals surface area contributed by atoms with Crippen LogP contribution in [0.15, 0.2) is 17.1 Å². The Labute approximate surface area is 154 Å². The van der Waals surface area contributed by atoms with Crippen LogP contribution in [0, 0.1) is 12.7 Å². The standard InChI is InChI=1S/C17H19Cl2FN2OS/c1-6-22-9(2)14(17(3,4)5)24-16(22)21-15(23)10-7-13(20)12(19)8-11(10)18/h7-8H,6H2,1-5H3/b21-16-. The van der Waals surface area contributed by atoms with Gasteiger partial charge >= 0.3 is 0 Å². The molecular formula is C17H19Cl2FN2OS. The Morgan fingerprint density at radius 2 is 1.92 bits per heavy atom. The fourth-order valence-corrected chi connectivity index (χ4v) is 4.19. The van der Waals surface area contributed by atoms with Crippen LogP contribution in [-0.2, 0) is 12.0 Å². The fraction of sp³-hybridized carbons (Fsp3) is 0.412. The Hall–Kier alpha value is -1.17. The van der Waals surface area contributed by atoms with E-state index < -0.39 is 11.7 Å². The lowest BCUT2D eigenvalue weighted by Crippen LogP contribution is -2.17. The van der Waals surface area contributed by atoms with Crippen molar-refractivity contribution in [2.24, 2.45) is 4.99 Å². The van der Waals surface area contributed by atoms with Crippen molar-refractivity contribution in [1.82, 2.24) is 4.57 Å². The van der Waals surface area contributed by atoms with Crippen molar-refractivity contribution >= 4 is 40.4 Å². The molecule has 0 aliphatic carbocycles. The topological polar surface area (TPSA) is 34.4 Å². The highest BCUT2D eigenvalue weighted by Gasteiger charge is 2.22. The van der Waals surface area contributed by atoms with Crippen LogP contribution in [0.25, 0.3) is 0 Å². The van der Waals surface area contributed by atoms with E-state index in [9.17, 15) is 9.18 Å². The summed E-state index contributed by atoms with van der Waals surface area (Å²) in [6, 6.07) is 2.24. The van der Waals surface area contributed by atoms with E-state index in [0.717, 1.165) is 16.6 Å². The average Bonchev–Trinajstić information content (AvgIpc) is 2.78. The molecule has 0 fully saturated rings. The summed E-state index contributed by atoms with van der Waals surface area (Å²) in [6.07, 6.45) is 0. The van der Waals surface area contributed by atoms with Gasteiger partial charge in [0.25, 0.3) is 5.91 Å². The normalized spacial score (nSPS) is 12.8. The van der Waals surface area contributed by atoms with Crippen LogP contribution >= 0.6 is 34.5 Å². The number of halogens is 3. The SMILES string of the molecule is CCn1c(C)c(C(C)(C)C)s/c1=N\C(=O)c1cc(F)c(Cl)cc1Cl. The number of hydrogen-bond donors (Lipinski definition) is 0. The second-order valence-electron chi connectivity index (χ2n) is 6.46. The third-order valence-electron chi connectivity index (χ3n) is 3.59. The molecular weight excluding hydrogens is 370 g/mol. The van der Waals surface area contributed by atoms with Crippen LogP contribution in [0.5, 0.6) is 0 Å². The van der Waals surface area contributed by atoms with E-state index >= 15 is 0 Å². The van der Waals surface area contributed by atoms with Crippen LogP contribution in [0.1, 0.15) is 48.6 Å². The van der Waals surface area contributed by atoms with Crippen molar-refractivity contribution in [3.05, 3.63) is 48.9 Å². The van der Waals surface area contributed by atoms with Gasteiger partial charge in [0.2, 0.25) is 0 Å². The highest BCUT2D eigenvalue weighted by Crippen LogP contribution is 2.28. The number of hydrogen-bond acceptors (Lipinski definition) is 2. The molecule has 1 aromatic carbocycles. The molecule has 2 rings (SSSR count). The van der Waals surface area contributed by atoms with Gasteiger partial charge in [0, 0.05) is 17.1 Å². The molecule has 0 saturated heterocycles. The number of rotatable bonds is 2. The maximum absolute atomic E-state index is 13.6. The van der Waals surface area contributed by atoms with Gasteiger partial charge in [-0.15, -0.1) is 11.3 Å². The van der Waals surface area contributed by atoms with Crippen LogP contribution in [0.3, 0.4) is 0 Å². The Balaban J connectivity index is 2.60. The summed E-state index contributed by atoms with van der Waals surface area (Å²) in [5, 5.41) is -0.0373. The molecule has 3 nitrogen and oxygen atoms in total. The third kappa shape index (κ3) is 3.73. The van der Waals surface area contributed by atoms with Gasteiger partial charge in [-0.25, -0.2) is 4.39 Å². The van der Waals surface area contributed by atoms with Crippen LogP contribution in [-0.4, -0.2) is 10.5 Å². The molecule has 0 saturated carbocycles. The van der Waals surface area contributed by atoms with Crippen molar-refractivity contribution in [2.45, 2.75) is 46.6 Å². The molecule has 130 valence electrons. The van der Waals surface area contributed by atoms with Crippen LogP contribution in [0.4, 0.5) is 4.39 Å². The Morgan fingerprint density at radius 3 is 2.46 bits per heavy atom.